The number of benzene rings is 9. The van der Waals surface area contributed by atoms with Crippen LogP contribution in [0.3, 0.4) is 0 Å². The Balaban J connectivity index is 0.976. The number of para-hydroxylation sites is 2. The molecule has 62 heavy (non-hydrogen) atoms. The number of allylic oxidation sites excluding steroid dienone is 4. The average Bonchev–Trinajstić information content (AvgIpc) is 3.86. The summed E-state index contributed by atoms with van der Waals surface area (Å²) in [6.45, 7) is 0. The molecule has 0 radical (unpaired) electrons. The number of aromatic nitrogens is 4. The second-order valence-corrected chi connectivity index (χ2v) is 16.4. The molecule has 9 aromatic carbocycles. The molecular formula is C58H38N4. The molecule has 0 saturated heterocycles. The maximum absolute atomic E-state index is 5.27. The molecule has 0 amide bonds. The van der Waals surface area contributed by atoms with Gasteiger partial charge in [0.25, 0.3) is 0 Å². The van der Waals surface area contributed by atoms with Gasteiger partial charge < -0.3 is 4.57 Å². The van der Waals surface area contributed by atoms with Gasteiger partial charge in [-0.15, -0.1) is 0 Å². The van der Waals surface area contributed by atoms with Crippen LogP contribution in [-0.2, 0) is 0 Å². The maximum atomic E-state index is 5.27. The number of fused-ring (bicyclic) bond motifs is 12. The lowest BCUT2D eigenvalue weighted by molar-refractivity contribution is 0.978. The minimum Gasteiger partial charge on any atom is -0.309 e. The highest BCUT2D eigenvalue weighted by Gasteiger charge is 2.20. The Labute approximate surface area is 358 Å². The van der Waals surface area contributed by atoms with Gasteiger partial charge in [-0.05, 0) is 116 Å². The lowest BCUT2D eigenvalue weighted by Gasteiger charge is -2.14. The summed E-state index contributed by atoms with van der Waals surface area (Å²) in [5.41, 5.74) is 12.1. The van der Waals surface area contributed by atoms with E-state index in [1.807, 2.05) is 6.07 Å². The van der Waals surface area contributed by atoms with E-state index < -0.39 is 0 Å². The van der Waals surface area contributed by atoms with Gasteiger partial charge >= 0.3 is 0 Å². The van der Waals surface area contributed by atoms with Gasteiger partial charge in [0.15, 0.2) is 0 Å². The van der Waals surface area contributed by atoms with E-state index >= 15 is 0 Å². The average molecular weight is 791 g/mol. The van der Waals surface area contributed by atoms with E-state index in [1.54, 1.807) is 0 Å². The molecule has 0 aliphatic heterocycles. The first kappa shape index (κ1) is 34.8. The second-order valence-electron chi connectivity index (χ2n) is 16.4. The van der Waals surface area contributed by atoms with Crippen LogP contribution >= 0.6 is 0 Å². The molecular weight excluding hydrogens is 753 g/mol. The second kappa shape index (κ2) is 13.7. The van der Waals surface area contributed by atoms with E-state index in [0.29, 0.717) is 5.95 Å². The van der Waals surface area contributed by atoms with Gasteiger partial charge in [0.1, 0.15) is 0 Å². The molecule has 0 saturated carbocycles. The normalized spacial score (nSPS) is 13.1. The van der Waals surface area contributed by atoms with Crippen LogP contribution in [0.5, 0.6) is 0 Å². The highest BCUT2D eigenvalue weighted by molar-refractivity contribution is 6.25. The third-order valence-electron chi connectivity index (χ3n) is 12.9. The predicted octanol–water partition coefficient (Wildman–Crippen LogP) is 15.2. The minimum atomic E-state index is 0.671. The van der Waals surface area contributed by atoms with E-state index in [4.69, 9.17) is 9.97 Å². The van der Waals surface area contributed by atoms with Crippen LogP contribution in [0.15, 0.2) is 206 Å². The summed E-state index contributed by atoms with van der Waals surface area (Å²) in [7, 11) is 0. The summed E-state index contributed by atoms with van der Waals surface area (Å²) < 4.78 is 4.68. The van der Waals surface area contributed by atoms with Crippen LogP contribution in [0.2, 0.25) is 0 Å². The van der Waals surface area contributed by atoms with Crippen LogP contribution in [0.4, 0.5) is 0 Å². The summed E-state index contributed by atoms with van der Waals surface area (Å²) in [6, 6.07) is 68.4. The van der Waals surface area contributed by atoms with E-state index in [9.17, 15) is 0 Å². The zero-order chi connectivity index (χ0) is 40.7. The molecule has 1 aliphatic rings. The van der Waals surface area contributed by atoms with Crippen molar-refractivity contribution in [1.29, 1.82) is 0 Å². The number of nitrogens with zero attached hydrogens (tertiary/aromatic N) is 4. The Morgan fingerprint density at radius 3 is 1.48 bits per heavy atom. The molecule has 1 aliphatic carbocycles. The van der Waals surface area contributed by atoms with Crippen molar-refractivity contribution in [2.24, 2.45) is 0 Å². The molecule has 0 fully saturated rings. The number of rotatable bonds is 5. The van der Waals surface area contributed by atoms with E-state index in [0.717, 1.165) is 52.1 Å². The molecule has 0 atom stereocenters. The van der Waals surface area contributed by atoms with Crippen LogP contribution in [0.25, 0.3) is 116 Å². The lowest BCUT2D eigenvalue weighted by Crippen LogP contribution is -2.05. The fourth-order valence-electron chi connectivity index (χ4n) is 10.1. The molecule has 0 bridgehead atoms. The van der Waals surface area contributed by atoms with Crippen LogP contribution in [0, 0.1) is 0 Å². The molecule has 3 heterocycles. The molecule has 12 aromatic rings. The van der Waals surface area contributed by atoms with Crippen LogP contribution in [-0.4, -0.2) is 19.1 Å². The van der Waals surface area contributed by atoms with Gasteiger partial charge in [0.05, 0.1) is 33.5 Å². The summed E-state index contributed by atoms with van der Waals surface area (Å²) >= 11 is 0. The Bertz CT molecular complexity index is 3830. The van der Waals surface area contributed by atoms with Crippen molar-refractivity contribution in [3.05, 3.63) is 212 Å². The maximum Gasteiger partial charge on any atom is 0.235 e. The van der Waals surface area contributed by atoms with Crippen molar-refractivity contribution in [2.45, 2.75) is 12.8 Å². The molecule has 3 aromatic heterocycles. The SMILES string of the molecule is C1=CC(c2cc(-c3ccccc3)nc(-n3c4ccccc4c4cc(-c5ccc6c(c5)c5ccccc5n6-c5ccc6c7ccccc7c7ccccc7c6c5)ccc43)n2)=CCC1. The van der Waals surface area contributed by atoms with Crippen molar-refractivity contribution >= 4 is 81.5 Å². The van der Waals surface area contributed by atoms with Gasteiger partial charge in [-0.1, -0.05) is 152 Å². The van der Waals surface area contributed by atoms with Crippen molar-refractivity contribution in [3.8, 4) is 34.0 Å². The van der Waals surface area contributed by atoms with Crippen molar-refractivity contribution in [3.63, 3.8) is 0 Å². The highest BCUT2D eigenvalue weighted by Crippen LogP contribution is 2.41. The zero-order valence-corrected chi connectivity index (χ0v) is 33.8. The summed E-state index contributed by atoms with van der Waals surface area (Å²) in [5, 5.41) is 12.5. The molecule has 290 valence electrons. The van der Waals surface area contributed by atoms with Crippen LogP contribution in [0.1, 0.15) is 18.5 Å². The smallest absolute Gasteiger partial charge is 0.235 e. The molecule has 4 heteroatoms. The first-order valence-corrected chi connectivity index (χ1v) is 21.5. The van der Waals surface area contributed by atoms with Gasteiger partial charge in [0, 0.05) is 32.8 Å². The first-order valence-electron chi connectivity index (χ1n) is 21.5. The van der Waals surface area contributed by atoms with E-state index in [1.165, 1.54) is 76.0 Å². The molecule has 0 spiro atoms. The number of hydrogen-bond donors (Lipinski definition) is 0. The molecule has 4 nitrogen and oxygen atoms in total. The third kappa shape index (κ3) is 5.33. The van der Waals surface area contributed by atoms with Crippen LogP contribution < -0.4 is 0 Å². The fraction of sp³-hybridized carbons (Fsp3) is 0.0345. The minimum absolute atomic E-state index is 0.671. The van der Waals surface area contributed by atoms with Gasteiger partial charge in [-0.25, -0.2) is 9.97 Å². The Morgan fingerprint density at radius 2 is 0.855 bits per heavy atom. The van der Waals surface area contributed by atoms with Gasteiger partial charge in [-0.2, -0.15) is 0 Å². The Hall–Kier alpha value is -8.08. The Kier molecular flexibility index (Phi) is 7.70. The number of hydrogen-bond acceptors (Lipinski definition) is 2. The predicted molar refractivity (Wildman–Crippen MR) is 260 cm³/mol. The van der Waals surface area contributed by atoms with Crippen molar-refractivity contribution in [1.82, 2.24) is 19.1 Å². The van der Waals surface area contributed by atoms with Gasteiger partial charge in [-0.3, -0.25) is 4.57 Å². The molecule has 13 rings (SSSR count). The Morgan fingerprint density at radius 1 is 0.339 bits per heavy atom. The van der Waals surface area contributed by atoms with Crippen molar-refractivity contribution < 1.29 is 0 Å². The van der Waals surface area contributed by atoms with E-state index in [2.05, 4.69) is 209 Å². The molecule has 0 N–H and O–H groups in total. The highest BCUT2D eigenvalue weighted by atomic mass is 15.2. The third-order valence-corrected chi connectivity index (χ3v) is 12.9. The zero-order valence-electron chi connectivity index (χ0n) is 33.8. The summed E-state index contributed by atoms with van der Waals surface area (Å²) in [6.07, 6.45) is 8.79. The van der Waals surface area contributed by atoms with Gasteiger partial charge in [0.2, 0.25) is 5.95 Å². The largest absolute Gasteiger partial charge is 0.309 e. The quantitative estimate of drug-likeness (QED) is 0.163. The van der Waals surface area contributed by atoms with Crippen molar-refractivity contribution in [2.75, 3.05) is 0 Å². The van der Waals surface area contributed by atoms with E-state index in [-0.39, 0.29) is 0 Å². The summed E-state index contributed by atoms with van der Waals surface area (Å²) in [4.78, 5) is 10.5. The first-order chi connectivity index (χ1) is 30.7. The monoisotopic (exact) mass is 790 g/mol. The fourth-order valence-corrected chi connectivity index (χ4v) is 10.1. The summed E-state index contributed by atoms with van der Waals surface area (Å²) in [5.74, 6) is 0.671. The standard InChI is InChI=1S/C58H38N4/c1-3-15-37(16-4-1)52-36-53(38-17-5-2-6-18-38)60-58(59-52)62-55-26-14-12-24-48(55)51-34-40(28-32-57(51)62)39-27-31-56-50(33-39)47-23-11-13-25-54(47)61(56)41-29-30-46-44-21-8-7-19-42(44)43-20-9-10-22-45(43)49(46)35-41/h1,3-5,7-36H,2,6H2. The topological polar surface area (TPSA) is 35.6 Å². The molecule has 0 unspecified atom stereocenters. The lowest BCUT2D eigenvalue weighted by atomic mass is 9.94.